The van der Waals surface area contributed by atoms with Crippen molar-refractivity contribution in [1.29, 1.82) is 0 Å². The molecular weight excluding hydrogens is 460 g/mol. The van der Waals surface area contributed by atoms with Crippen LogP contribution in [0.25, 0.3) is 0 Å². The van der Waals surface area contributed by atoms with Crippen LogP contribution in [-0.4, -0.2) is 10.2 Å². The first kappa shape index (κ1) is 26.2. The molecule has 4 heteroatoms. The molecule has 0 heterocycles. The molecule has 4 nitrogen and oxygen atoms in total. The third-order valence-corrected chi connectivity index (χ3v) is 6.73. The highest BCUT2D eigenvalue weighted by molar-refractivity contribution is 5.49. The van der Waals surface area contributed by atoms with Crippen molar-refractivity contribution >= 4 is 0 Å². The molecule has 0 spiro atoms. The highest BCUT2D eigenvalue weighted by Gasteiger charge is 2.25. The second-order valence-corrected chi connectivity index (χ2v) is 9.96. The van der Waals surface area contributed by atoms with Gasteiger partial charge in [-0.2, -0.15) is 0 Å². The molecule has 0 fully saturated rings. The van der Waals surface area contributed by atoms with Gasteiger partial charge in [-0.15, -0.1) is 0 Å². The van der Waals surface area contributed by atoms with Crippen molar-refractivity contribution in [1.82, 2.24) is 0 Å². The van der Waals surface area contributed by atoms with Crippen molar-refractivity contribution in [2.24, 2.45) is 0 Å². The maximum atomic E-state index is 9.58. The van der Waals surface area contributed by atoms with Gasteiger partial charge in [0.1, 0.15) is 34.5 Å². The first-order chi connectivity index (χ1) is 17.8. The predicted octanol–water partition coefficient (Wildman–Crippen LogP) is 8.91. The Labute approximate surface area is 220 Å². The number of aryl methyl sites for hydroxylation is 2. The lowest BCUT2D eigenvalue weighted by atomic mass is 9.76. The summed E-state index contributed by atoms with van der Waals surface area (Å²) in [5, 5.41) is 19.2. The van der Waals surface area contributed by atoms with E-state index in [2.05, 4.69) is 64.1 Å². The lowest BCUT2D eigenvalue weighted by molar-refractivity contribution is 0.460. The average molecular weight is 497 g/mol. The van der Waals surface area contributed by atoms with E-state index < -0.39 is 0 Å². The molecule has 2 N–H and O–H groups in total. The summed E-state index contributed by atoms with van der Waals surface area (Å²) < 4.78 is 12.4. The van der Waals surface area contributed by atoms with Crippen LogP contribution in [0, 0.1) is 0 Å². The molecule has 0 bridgehead atoms. The zero-order valence-corrected chi connectivity index (χ0v) is 22.1. The quantitative estimate of drug-likeness (QED) is 0.230. The maximum Gasteiger partial charge on any atom is 0.130 e. The minimum absolute atomic E-state index is 0.222. The molecule has 37 heavy (non-hydrogen) atoms. The largest absolute Gasteiger partial charge is 0.508 e. The van der Waals surface area contributed by atoms with Crippen molar-refractivity contribution in [3.05, 3.63) is 107 Å². The Morgan fingerprint density at radius 1 is 0.568 bits per heavy atom. The van der Waals surface area contributed by atoms with Crippen LogP contribution >= 0.6 is 0 Å². The summed E-state index contributed by atoms with van der Waals surface area (Å²) in [5.41, 5.74) is 4.57. The molecule has 0 aromatic heterocycles. The van der Waals surface area contributed by atoms with E-state index in [1.165, 1.54) is 22.3 Å². The van der Waals surface area contributed by atoms with E-state index >= 15 is 0 Å². The van der Waals surface area contributed by atoms with Crippen molar-refractivity contribution < 1.29 is 19.7 Å². The summed E-state index contributed by atoms with van der Waals surface area (Å²) in [5.74, 6) is 3.54. The van der Waals surface area contributed by atoms with E-state index in [1.807, 2.05) is 0 Å². The van der Waals surface area contributed by atoms with Crippen LogP contribution in [0.3, 0.4) is 0 Å². The SMILES string of the molecule is CCCc1cc(C(C)(C)c2ccc(Oc3ccc(O)cc3)c(CCC)c2)ccc1Oc1ccc(O)cc1. The molecule has 0 saturated heterocycles. The Bertz CT molecular complexity index is 1220. The van der Waals surface area contributed by atoms with Gasteiger partial charge in [-0.05, 0) is 95.8 Å². The topological polar surface area (TPSA) is 58.9 Å². The second-order valence-electron chi connectivity index (χ2n) is 9.96. The number of aromatic hydroxyl groups is 2. The second kappa shape index (κ2) is 11.4. The summed E-state index contributed by atoms with van der Waals surface area (Å²) in [4.78, 5) is 0. The van der Waals surface area contributed by atoms with Gasteiger partial charge in [-0.1, -0.05) is 64.8 Å². The third kappa shape index (κ3) is 6.26. The van der Waals surface area contributed by atoms with E-state index in [0.29, 0.717) is 11.5 Å². The number of phenols is 2. The number of phenolic OH excluding ortho intramolecular Hbond substituents is 2. The summed E-state index contributed by atoms with van der Waals surface area (Å²) in [6.07, 6.45) is 3.86. The van der Waals surface area contributed by atoms with Crippen LogP contribution in [-0.2, 0) is 18.3 Å². The Morgan fingerprint density at radius 3 is 1.30 bits per heavy atom. The van der Waals surface area contributed by atoms with E-state index in [9.17, 15) is 10.2 Å². The molecule has 0 amide bonds. The molecule has 0 aliphatic heterocycles. The van der Waals surface area contributed by atoms with Crippen LogP contribution in [0.5, 0.6) is 34.5 Å². The van der Waals surface area contributed by atoms with Crippen molar-refractivity contribution in [3.63, 3.8) is 0 Å². The van der Waals surface area contributed by atoms with Gasteiger partial charge in [0.05, 0.1) is 0 Å². The van der Waals surface area contributed by atoms with Crippen LogP contribution in [0.15, 0.2) is 84.9 Å². The van der Waals surface area contributed by atoms with Gasteiger partial charge >= 0.3 is 0 Å². The van der Waals surface area contributed by atoms with Crippen molar-refractivity contribution in [2.75, 3.05) is 0 Å². The first-order valence-electron chi connectivity index (χ1n) is 13.0. The lowest BCUT2D eigenvalue weighted by Crippen LogP contribution is -2.19. The molecule has 0 radical (unpaired) electrons. The molecule has 4 aromatic rings. The smallest absolute Gasteiger partial charge is 0.130 e. The minimum Gasteiger partial charge on any atom is -0.508 e. The maximum absolute atomic E-state index is 9.58. The Hall–Kier alpha value is -3.92. The average Bonchev–Trinajstić information content (AvgIpc) is 2.89. The molecule has 4 rings (SSSR count). The van der Waals surface area contributed by atoms with Crippen LogP contribution in [0.4, 0.5) is 0 Å². The van der Waals surface area contributed by atoms with E-state index in [1.54, 1.807) is 48.5 Å². The molecule has 0 atom stereocenters. The zero-order valence-electron chi connectivity index (χ0n) is 22.1. The lowest BCUT2D eigenvalue weighted by Gasteiger charge is -2.28. The zero-order chi connectivity index (χ0) is 26.4. The fraction of sp³-hybridized carbons (Fsp3) is 0.273. The summed E-state index contributed by atoms with van der Waals surface area (Å²) in [6.45, 7) is 8.85. The monoisotopic (exact) mass is 496 g/mol. The van der Waals surface area contributed by atoms with Gasteiger partial charge in [-0.3, -0.25) is 0 Å². The van der Waals surface area contributed by atoms with Gasteiger partial charge in [-0.25, -0.2) is 0 Å². The first-order valence-corrected chi connectivity index (χ1v) is 13.0. The van der Waals surface area contributed by atoms with E-state index in [-0.39, 0.29) is 16.9 Å². The fourth-order valence-electron chi connectivity index (χ4n) is 4.51. The minimum atomic E-state index is -0.223. The number of hydrogen-bond donors (Lipinski definition) is 2. The number of hydrogen-bond acceptors (Lipinski definition) is 4. The van der Waals surface area contributed by atoms with Gasteiger partial charge in [0, 0.05) is 5.41 Å². The molecule has 0 aliphatic carbocycles. The number of ether oxygens (including phenoxy) is 2. The van der Waals surface area contributed by atoms with Crippen LogP contribution < -0.4 is 9.47 Å². The summed E-state index contributed by atoms with van der Waals surface area (Å²) >= 11 is 0. The molecule has 192 valence electrons. The Morgan fingerprint density at radius 2 is 0.946 bits per heavy atom. The standard InChI is InChI=1S/C33H36O4/c1-5-7-23-21-25(9-19-31(23)36-29-15-11-27(34)12-16-29)33(3,4)26-10-20-32(24(22-26)8-6-2)37-30-17-13-28(35)14-18-30/h9-22,34-35H,5-8H2,1-4H3. The van der Waals surface area contributed by atoms with Crippen LogP contribution in [0.1, 0.15) is 62.8 Å². The molecule has 0 saturated carbocycles. The Kier molecular flexibility index (Phi) is 8.08. The van der Waals surface area contributed by atoms with Crippen LogP contribution in [0.2, 0.25) is 0 Å². The van der Waals surface area contributed by atoms with Crippen molar-refractivity contribution in [2.45, 2.75) is 58.8 Å². The van der Waals surface area contributed by atoms with Gasteiger partial charge in [0.15, 0.2) is 0 Å². The van der Waals surface area contributed by atoms with E-state index in [0.717, 1.165) is 37.2 Å². The molecule has 0 aliphatic rings. The highest BCUT2D eigenvalue weighted by atomic mass is 16.5. The summed E-state index contributed by atoms with van der Waals surface area (Å²) in [7, 11) is 0. The third-order valence-electron chi connectivity index (χ3n) is 6.73. The fourth-order valence-corrected chi connectivity index (χ4v) is 4.51. The normalized spacial score (nSPS) is 11.4. The molecule has 0 unspecified atom stereocenters. The van der Waals surface area contributed by atoms with Crippen molar-refractivity contribution in [3.8, 4) is 34.5 Å². The van der Waals surface area contributed by atoms with Gasteiger partial charge in [0.25, 0.3) is 0 Å². The Balaban J connectivity index is 1.64. The molecule has 4 aromatic carbocycles. The highest BCUT2D eigenvalue weighted by Crippen LogP contribution is 2.38. The van der Waals surface area contributed by atoms with Gasteiger partial charge < -0.3 is 19.7 Å². The van der Waals surface area contributed by atoms with Gasteiger partial charge in [0.2, 0.25) is 0 Å². The predicted molar refractivity (Wildman–Crippen MR) is 149 cm³/mol. The van der Waals surface area contributed by atoms with E-state index in [4.69, 9.17) is 9.47 Å². The number of benzene rings is 4. The summed E-state index contributed by atoms with van der Waals surface area (Å²) in [6, 6.07) is 26.6. The molecular formula is C33H36O4. The number of rotatable bonds is 10.